The maximum absolute atomic E-state index is 12.4. The van der Waals surface area contributed by atoms with Gasteiger partial charge in [-0.3, -0.25) is 14.5 Å². The second-order valence-electron chi connectivity index (χ2n) is 8.96. The van der Waals surface area contributed by atoms with Crippen LogP contribution in [0.2, 0.25) is 0 Å². The maximum atomic E-state index is 12.4. The molecule has 2 aromatic carbocycles. The first kappa shape index (κ1) is 23.1. The SMILES string of the molecule is O=C1c2ccccc2C(=O)N1CCCCCCCN1CCC(O)(c2ccc(Br)cc2)CC1. The molecule has 2 aliphatic rings. The number of unbranched alkanes of at least 4 members (excludes halogenated alkanes) is 4. The van der Waals surface area contributed by atoms with E-state index in [1.54, 1.807) is 24.3 Å². The van der Waals surface area contributed by atoms with Crippen LogP contribution in [0.15, 0.2) is 53.0 Å². The fourth-order valence-corrected chi connectivity index (χ4v) is 5.04. The molecule has 1 N–H and O–H groups in total. The van der Waals surface area contributed by atoms with E-state index in [2.05, 4.69) is 20.8 Å². The number of amides is 2. The van der Waals surface area contributed by atoms with E-state index in [9.17, 15) is 14.7 Å². The molecule has 0 aromatic heterocycles. The molecule has 0 unspecified atom stereocenters. The van der Waals surface area contributed by atoms with Crippen LogP contribution in [0.1, 0.15) is 71.2 Å². The number of hydrogen-bond donors (Lipinski definition) is 1. The number of likely N-dealkylation sites (tertiary alicyclic amines) is 1. The van der Waals surface area contributed by atoms with E-state index in [-0.39, 0.29) is 11.8 Å². The number of nitrogens with zero attached hydrogens (tertiary/aromatic N) is 2. The lowest BCUT2D eigenvalue weighted by Crippen LogP contribution is -2.42. The molecule has 2 amide bonds. The molecule has 0 bridgehead atoms. The summed E-state index contributed by atoms with van der Waals surface area (Å²) in [7, 11) is 0. The lowest BCUT2D eigenvalue weighted by molar-refractivity contribution is -0.0261. The Morgan fingerprint density at radius 1 is 0.781 bits per heavy atom. The summed E-state index contributed by atoms with van der Waals surface area (Å²) >= 11 is 3.45. The Morgan fingerprint density at radius 3 is 1.91 bits per heavy atom. The molecule has 1 saturated heterocycles. The van der Waals surface area contributed by atoms with E-state index in [1.807, 2.05) is 24.3 Å². The molecule has 4 rings (SSSR count). The van der Waals surface area contributed by atoms with Crippen molar-refractivity contribution in [2.24, 2.45) is 0 Å². The number of fused-ring (bicyclic) bond motifs is 1. The van der Waals surface area contributed by atoms with E-state index < -0.39 is 5.60 Å². The summed E-state index contributed by atoms with van der Waals surface area (Å²) in [4.78, 5) is 28.6. The average molecular weight is 499 g/mol. The summed E-state index contributed by atoms with van der Waals surface area (Å²) in [6.07, 6.45) is 6.83. The zero-order chi connectivity index (χ0) is 22.6. The maximum Gasteiger partial charge on any atom is 0.261 e. The summed E-state index contributed by atoms with van der Waals surface area (Å²) in [6, 6.07) is 15.1. The van der Waals surface area contributed by atoms with Crippen LogP contribution in [0.3, 0.4) is 0 Å². The number of benzene rings is 2. The van der Waals surface area contributed by atoms with Crippen molar-refractivity contribution in [2.45, 2.75) is 50.5 Å². The van der Waals surface area contributed by atoms with Crippen molar-refractivity contribution in [1.82, 2.24) is 9.80 Å². The molecule has 0 atom stereocenters. The Bertz CT molecular complexity index is 917. The molecular weight excluding hydrogens is 468 g/mol. The van der Waals surface area contributed by atoms with Gasteiger partial charge in [0.15, 0.2) is 0 Å². The van der Waals surface area contributed by atoms with Crippen LogP contribution in [0.5, 0.6) is 0 Å². The van der Waals surface area contributed by atoms with Gasteiger partial charge in [0, 0.05) is 24.1 Å². The van der Waals surface area contributed by atoms with Gasteiger partial charge in [-0.15, -0.1) is 0 Å². The van der Waals surface area contributed by atoms with E-state index in [0.717, 1.165) is 74.6 Å². The van der Waals surface area contributed by atoms with Crippen molar-refractivity contribution in [3.05, 3.63) is 69.7 Å². The molecule has 0 saturated carbocycles. The molecule has 0 aliphatic carbocycles. The number of hydrogen-bond acceptors (Lipinski definition) is 4. The molecule has 170 valence electrons. The van der Waals surface area contributed by atoms with Crippen molar-refractivity contribution < 1.29 is 14.7 Å². The number of aliphatic hydroxyl groups is 1. The van der Waals surface area contributed by atoms with Gasteiger partial charge in [-0.1, -0.05) is 59.5 Å². The van der Waals surface area contributed by atoms with Crippen molar-refractivity contribution in [3.63, 3.8) is 0 Å². The van der Waals surface area contributed by atoms with Crippen molar-refractivity contribution in [2.75, 3.05) is 26.2 Å². The van der Waals surface area contributed by atoms with Gasteiger partial charge in [0.2, 0.25) is 0 Å². The summed E-state index contributed by atoms with van der Waals surface area (Å²) in [5.74, 6) is -0.308. The first-order chi connectivity index (χ1) is 15.5. The second kappa shape index (κ2) is 10.3. The number of piperidine rings is 1. The monoisotopic (exact) mass is 498 g/mol. The minimum Gasteiger partial charge on any atom is -0.385 e. The lowest BCUT2D eigenvalue weighted by atomic mass is 9.84. The minimum absolute atomic E-state index is 0.154. The highest BCUT2D eigenvalue weighted by atomic mass is 79.9. The number of imide groups is 1. The van der Waals surface area contributed by atoms with Gasteiger partial charge in [-0.2, -0.15) is 0 Å². The van der Waals surface area contributed by atoms with Crippen molar-refractivity contribution in [3.8, 4) is 0 Å². The highest BCUT2D eigenvalue weighted by molar-refractivity contribution is 9.10. The molecular formula is C26H31BrN2O3. The largest absolute Gasteiger partial charge is 0.385 e. The lowest BCUT2D eigenvalue weighted by Gasteiger charge is -2.38. The molecule has 0 radical (unpaired) electrons. The third kappa shape index (κ3) is 5.13. The van der Waals surface area contributed by atoms with Crippen LogP contribution in [-0.4, -0.2) is 52.9 Å². The van der Waals surface area contributed by atoms with Gasteiger partial charge >= 0.3 is 0 Å². The zero-order valence-corrected chi connectivity index (χ0v) is 20.0. The van der Waals surface area contributed by atoms with Crippen molar-refractivity contribution in [1.29, 1.82) is 0 Å². The van der Waals surface area contributed by atoms with Gasteiger partial charge in [-0.05, 0) is 62.1 Å². The summed E-state index contributed by atoms with van der Waals surface area (Å²) < 4.78 is 1.03. The highest BCUT2D eigenvalue weighted by Crippen LogP contribution is 2.33. The van der Waals surface area contributed by atoms with E-state index >= 15 is 0 Å². The predicted molar refractivity (Wildman–Crippen MR) is 129 cm³/mol. The Morgan fingerprint density at radius 2 is 1.31 bits per heavy atom. The molecule has 2 aliphatic heterocycles. The predicted octanol–water partition coefficient (Wildman–Crippen LogP) is 4.98. The van der Waals surface area contributed by atoms with Crippen LogP contribution < -0.4 is 0 Å². The fourth-order valence-electron chi connectivity index (χ4n) is 4.77. The van der Waals surface area contributed by atoms with Gasteiger partial charge in [0.1, 0.15) is 0 Å². The molecule has 6 heteroatoms. The van der Waals surface area contributed by atoms with E-state index in [4.69, 9.17) is 0 Å². The fraction of sp³-hybridized carbons (Fsp3) is 0.462. The Balaban J connectivity index is 1.09. The van der Waals surface area contributed by atoms with Crippen LogP contribution in [0.4, 0.5) is 0 Å². The zero-order valence-electron chi connectivity index (χ0n) is 18.4. The summed E-state index contributed by atoms with van der Waals surface area (Å²) in [5.41, 5.74) is 1.37. The molecule has 2 heterocycles. The van der Waals surface area contributed by atoms with E-state index in [1.165, 1.54) is 4.90 Å². The Hall–Kier alpha value is -2.02. The number of halogens is 1. The third-order valence-electron chi connectivity index (χ3n) is 6.80. The number of rotatable bonds is 9. The normalized spacial score (nSPS) is 18.2. The van der Waals surface area contributed by atoms with Crippen LogP contribution in [0, 0.1) is 0 Å². The Labute approximate surface area is 198 Å². The smallest absolute Gasteiger partial charge is 0.261 e. The highest BCUT2D eigenvalue weighted by Gasteiger charge is 2.35. The Kier molecular flexibility index (Phi) is 7.44. The average Bonchev–Trinajstić information content (AvgIpc) is 3.05. The van der Waals surface area contributed by atoms with Crippen LogP contribution >= 0.6 is 15.9 Å². The first-order valence-electron chi connectivity index (χ1n) is 11.6. The quantitative estimate of drug-likeness (QED) is 0.391. The second-order valence-corrected chi connectivity index (χ2v) is 9.87. The topological polar surface area (TPSA) is 60.9 Å². The molecule has 2 aromatic rings. The molecule has 1 fully saturated rings. The standard InChI is InChI=1S/C26H31BrN2O3/c27-21-12-10-20(11-13-21)26(32)14-18-28(19-15-26)16-6-2-1-3-7-17-29-24(30)22-8-4-5-9-23(22)25(29)31/h4-5,8-13,32H,1-3,6-7,14-19H2. The summed E-state index contributed by atoms with van der Waals surface area (Å²) in [5, 5.41) is 11.0. The first-order valence-corrected chi connectivity index (χ1v) is 12.4. The third-order valence-corrected chi connectivity index (χ3v) is 7.33. The molecule has 5 nitrogen and oxygen atoms in total. The van der Waals surface area contributed by atoms with Crippen molar-refractivity contribution >= 4 is 27.7 Å². The van der Waals surface area contributed by atoms with Gasteiger partial charge < -0.3 is 10.0 Å². The van der Waals surface area contributed by atoms with Gasteiger partial charge in [0.25, 0.3) is 11.8 Å². The summed E-state index contributed by atoms with van der Waals surface area (Å²) in [6.45, 7) is 3.42. The van der Waals surface area contributed by atoms with Crippen LogP contribution in [0.25, 0.3) is 0 Å². The molecule has 32 heavy (non-hydrogen) atoms. The van der Waals surface area contributed by atoms with Gasteiger partial charge in [-0.25, -0.2) is 0 Å². The van der Waals surface area contributed by atoms with Crippen LogP contribution in [-0.2, 0) is 5.60 Å². The molecule has 0 spiro atoms. The minimum atomic E-state index is -0.707. The number of carbonyl (C=O) groups excluding carboxylic acids is 2. The van der Waals surface area contributed by atoms with Gasteiger partial charge in [0.05, 0.1) is 16.7 Å². The number of carbonyl (C=O) groups is 2. The van der Waals surface area contributed by atoms with E-state index in [0.29, 0.717) is 17.7 Å².